The van der Waals surface area contributed by atoms with Gasteiger partial charge >= 0.3 is 0 Å². The molecule has 0 aromatic rings. The lowest BCUT2D eigenvalue weighted by Gasteiger charge is -2.10. The molecule has 1 rings (SSSR count). The SMILES string of the molecule is COC1CNC(C(=O)NCCCCO)C1. The molecule has 1 amide bonds. The van der Waals surface area contributed by atoms with Crippen LogP contribution in [0, 0.1) is 0 Å². The Hall–Kier alpha value is -0.650. The molecule has 5 nitrogen and oxygen atoms in total. The van der Waals surface area contributed by atoms with Crippen molar-refractivity contribution in [1.82, 2.24) is 10.6 Å². The number of aliphatic hydroxyl groups is 1. The second-order valence-corrected chi connectivity index (χ2v) is 3.78. The number of carbonyl (C=O) groups is 1. The summed E-state index contributed by atoms with van der Waals surface area (Å²) < 4.78 is 5.16. The molecule has 3 N–H and O–H groups in total. The van der Waals surface area contributed by atoms with Gasteiger partial charge in [-0.3, -0.25) is 4.79 Å². The first kappa shape index (κ1) is 12.4. The van der Waals surface area contributed by atoms with Crippen LogP contribution < -0.4 is 10.6 Å². The van der Waals surface area contributed by atoms with Gasteiger partial charge in [0.15, 0.2) is 0 Å². The van der Waals surface area contributed by atoms with Crippen LogP contribution in [0.2, 0.25) is 0 Å². The van der Waals surface area contributed by atoms with E-state index < -0.39 is 0 Å². The molecule has 2 atom stereocenters. The van der Waals surface area contributed by atoms with Crippen molar-refractivity contribution in [1.29, 1.82) is 0 Å². The molecule has 1 heterocycles. The Morgan fingerprint density at radius 2 is 2.40 bits per heavy atom. The van der Waals surface area contributed by atoms with Crippen LogP contribution in [-0.4, -0.2) is 50.0 Å². The fourth-order valence-electron chi connectivity index (χ4n) is 1.65. The molecule has 0 radical (unpaired) electrons. The number of ether oxygens (including phenoxy) is 1. The molecule has 2 unspecified atom stereocenters. The van der Waals surface area contributed by atoms with Crippen molar-refractivity contribution >= 4 is 5.91 Å². The van der Waals surface area contributed by atoms with E-state index in [2.05, 4.69) is 10.6 Å². The van der Waals surface area contributed by atoms with Crippen molar-refractivity contribution in [3.8, 4) is 0 Å². The summed E-state index contributed by atoms with van der Waals surface area (Å²) in [5, 5.41) is 14.5. The highest BCUT2D eigenvalue weighted by atomic mass is 16.5. The molecule has 0 aromatic heterocycles. The van der Waals surface area contributed by atoms with Gasteiger partial charge in [-0.15, -0.1) is 0 Å². The molecule has 15 heavy (non-hydrogen) atoms. The van der Waals surface area contributed by atoms with Crippen LogP contribution in [0.15, 0.2) is 0 Å². The minimum Gasteiger partial charge on any atom is -0.396 e. The smallest absolute Gasteiger partial charge is 0.237 e. The van der Waals surface area contributed by atoms with Crippen molar-refractivity contribution in [2.75, 3.05) is 26.8 Å². The Kier molecular flexibility index (Phi) is 5.60. The minimum absolute atomic E-state index is 0.0347. The van der Waals surface area contributed by atoms with E-state index in [0.29, 0.717) is 6.54 Å². The van der Waals surface area contributed by atoms with Crippen LogP contribution in [0.1, 0.15) is 19.3 Å². The predicted octanol–water partition coefficient (Wildman–Crippen LogP) is -0.748. The summed E-state index contributed by atoms with van der Waals surface area (Å²) in [6, 6.07) is -0.121. The van der Waals surface area contributed by atoms with Gasteiger partial charge in [-0.1, -0.05) is 0 Å². The Morgan fingerprint density at radius 3 is 3.00 bits per heavy atom. The van der Waals surface area contributed by atoms with E-state index >= 15 is 0 Å². The summed E-state index contributed by atoms with van der Waals surface area (Å²) in [4.78, 5) is 11.6. The van der Waals surface area contributed by atoms with Crippen LogP contribution in [0.25, 0.3) is 0 Å². The summed E-state index contributed by atoms with van der Waals surface area (Å²) >= 11 is 0. The molecular formula is C10H20N2O3. The highest BCUT2D eigenvalue weighted by Crippen LogP contribution is 2.09. The van der Waals surface area contributed by atoms with Gasteiger partial charge in [0.05, 0.1) is 12.1 Å². The van der Waals surface area contributed by atoms with Crippen molar-refractivity contribution < 1.29 is 14.6 Å². The number of nitrogens with one attached hydrogen (secondary N) is 2. The maximum atomic E-state index is 11.6. The molecule has 0 bridgehead atoms. The Labute approximate surface area is 90.2 Å². The van der Waals surface area contributed by atoms with Crippen LogP contribution in [0.4, 0.5) is 0 Å². The minimum atomic E-state index is -0.121. The number of carbonyl (C=O) groups excluding carboxylic acids is 1. The first-order valence-electron chi connectivity index (χ1n) is 5.42. The number of aliphatic hydroxyl groups excluding tert-OH is 1. The number of methoxy groups -OCH3 is 1. The molecule has 0 saturated carbocycles. The number of rotatable bonds is 6. The van der Waals surface area contributed by atoms with Gasteiger partial charge < -0.3 is 20.5 Å². The van der Waals surface area contributed by atoms with E-state index in [0.717, 1.165) is 25.8 Å². The molecule has 1 aliphatic rings. The summed E-state index contributed by atoms with van der Waals surface area (Å²) in [7, 11) is 1.66. The van der Waals surface area contributed by atoms with Gasteiger partial charge in [-0.2, -0.15) is 0 Å². The maximum absolute atomic E-state index is 11.6. The summed E-state index contributed by atoms with van der Waals surface area (Å²) in [6.07, 6.45) is 2.45. The monoisotopic (exact) mass is 216 g/mol. The lowest BCUT2D eigenvalue weighted by atomic mass is 10.2. The first-order chi connectivity index (χ1) is 7.27. The molecule has 0 aliphatic carbocycles. The molecule has 88 valence electrons. The van der Waals surface area contributed by atoms with Crippen molar-refractivity contribution in [2.24, 2.45) is 0 Å². The molecular weight excluding hydrogens is 196 g/mol. The second-order valence-electron chi connectivity index (χ2n) is 3.78. The Morgan fingerprint density at radius 1 is 1.60 bits per heavy atom. The summed E-state index contributed by atoms with van der Waals surface area (Å²) in [5.41, 5.74) is 0. The molecule has 1 fully saturated rings. The predicted molar refractivity (Wildman–Crippen MR) is 56.5 cm³/mol. The third-order valence-corrected chi connectivity index (χ3v) is 2.62. The van der Waals surface area contributed by atoms with Crippen LogP contribution in [0.3, 0.4) is 0 Å². The van der Waals surface area contributed by atoms with Gasteiger partial charge in [0.25, 0.3) is 0 Å². The highest BCUT2D eigenvalue weighted by molar-refractivity contribution is 5.82. The zero-order chi connectivity index (χ0) is 11.1. The molecule has 1 saturated heterocycles. The van der Waals surface area contributed by atoms with E-state index in [-0.39, 0.29) is 24.7 Å². The molecule has 5 heteroatoms. The van der Waals surface area contributed by atoms with E-state index in [4.69, 9.17) is 9.84 Å². The lowest BCUT2D eigenvalue weighted by molar-refractivity contribution is -0.122. The van der Waals surface area contributed by atoms with Gasteiger partial charge in [0.1, 0.15) is 0 Å². The Bertz CT molecular complexity index is 199. The van der Waals surface area contributed by atoms with E-state index in [1.807, 2.05) is 0 Å². The number of unbranched alkanes of at least 4 members (excludes halogenated alkanes) is 1. The van der Waals surface area contributed by atoms with Crippen molar-refractivity contribution in [3.63, 3.8) is 0 Å². The maximum Gasteiger partial charge on any atom is 0.237 e. The van der Waals surface area contributed by atoms with Crippen molar-refractivity contribution in [3.05, 3.63) is 0 Å². The largest absolute Gasteiger partial charge is 0.396 e. The van der Waals surface area contributed by atoms with Crippen LogP contribution >= 0.6 is 0 Å². The zero-order valence-electron chi connectivity index (χ0n) is 9.16. The molecule has 0 spiro atoms. The quantitative estimate of drug-likeness (QED) is 0.511. The number of hydrogen-bond acceptors (Lipinski definition) is 4. The average molecular weight is 216 g/mol. The van der Waals surface area contributed by atoms with Crippen LogP contribution in [0.5, 0.6) is 0 Å². The van der Waals surface area contributed by atoms with Gasteiger partial charge in [0, 0.05) is 26.8 Å². The number of hydrogen-bond donors (Lipinski definition) is 3. The average Bonchev–Trinajstić information content (AvgIpc) is 2.72. The first-order valence-corrected chi connectivity index (χ1v) is 5.42. The topological polar surface area (TPSA) is 70.6 Å². The van der Waals surface area contributed by atoms with Crippen LogP contribution in [-0.2, 0) is 9.53 Å². The zero-order valence-corrected chi connectivity index (χ0v) is 9.16. The fourth-order valence-corrected chi connectivity index (χ4v) is 1.65. The van der Waals surface area contributed by atoms with Gasteiger partial charge in [0.2, 0.25) is 5.91 Å². The summed E-state index contributed by atoms with van der Waals surface area (Å²) in [5.74, 6) is 0.0347. The van der Waals surface area contributed by atoms with Gasteiger partial charge in [-0.05, 0) is 19.3 Å². The fraction of sp³-hybridized carbons (Fsp3) is 0.900. The number of amides is 1. The molecule has 1 aliphatic heterocycles. The summed E-state index contributed by atoms with van der Waals surface area (Å²) in [6.45, 7) is 1.56. The molecule has 0 aromatic carbocycles. The standard InChI is InChI=1S/C10H20N2O3/c1-15-8-6-9(12-7-8)10(14)11-4-2-3-5-13/h8-9,12-13H,2-7H2,1H3,(H,11,14). The van der Waals surface area contributed by atoms with E-state index in [1.165, 1.54) is 0 Å². The Balaban J connectivity index is 2.12. The van der Waals surface area contributed by atoms with Gasteiger partial charge in [-0.25, -0.2) is 0 Å². The third-order valence-electron chi connectivity index (χ3n) is 2.62. The third kappa shape index (κ3) is 4.15. The van der Waals surface area contributed by atoms with E-state index in [9.17, 15) is 4.79 Å². The second kappa shape index (κ2) is 6.76. The van der Waals surface area contributed by atoms with E-state index in [1.54, 1.807) is 7.11 Å². The van der Waals surface area contributed by atoms with Crippen molar-refractivity contribution in [2.45, 2.75) is 31.4 Å². The highest BCUT2D eigenvalue weighted by Gasteiger charge is 2.28. The lowest BCUT2D eigenvalue weighted by Crippen LogP contribution is -2.40. The normalized spacial score (nSPS) is 25.5.